The highest BCUT2D eigenvalue weighted by Gasteiger charge is 2.28. The predicted octanol–water partition coefficient (Wildman–Crippen LogP) is 4.32. The van der Waals surface area contributed by atoms with Crippen molar-refractivity contribution in [1.29, 1.82) is 0 Å². The Bertz CT molecular complexity index is 1620. The van der Waals surface area contributed by atoms with Gasteiger partial charge in [0.15, 0.2) is 0 Å². The van der Waals surface area contributed by atoms with Crippen molar-refractivity contribution in [1.82, 2.24) is 19.4 Å². The quantitative estimate of drug-likeness (QED) is 0.408. The molecule has 1 saturated heterocycles. The molecule has 13 heteroatoms. The minimum absolute atomic E-state index is 0.0719. The Labute approximate surface area is 239 Å². The van der Waals surface area contributed by atoms with Crippen molar-refractivity contribution in [3.8, 4) is 5.75 Å². The van der Waals surface area contributed by atoms with Crippen LogP contribution in [0.15, 0.2) is 46.0 Å². The molecule has 0 unspecified atom stereocenters. The zero-order valence-electron chi connectivity index (χ0n) is 23.2. The van der Waals surface area contributed by atoms with Crippen LogP contribution in [-0.2, 0) is 6.54 Å². The molecule has 0 radical (unpaired) electrons. The van der Waals surface area contributed by atoms with Gasteiger partial charge in [0.05, 0.1) is 16.6 Å². The van der Waals surface area contributed by atoms with E-state index in [4.69, 9.17) is 0 Å². The molecule has 2 aromatic carbocycles. The number of piperidine rings is 1. The Kier molecular flexibility index (Phi) is 8.28. The number of nitrogens with one attached hydrogen (secondary N) is 2. The lowest BCUT2D eigenvalue weighted by Crippen LogP contribution is -2.50. The largest absolute Gasteiger partial charge is 0.435 e. The van der Waals surface area contributed by atoms with Crippen LogP contribution in [-0.4, -0.2) is 51.7 Å². The van der Waals surface area contributed by atoms with Gasteiger partial charge in [-0.1, -0.05) is 0 Å². The van der Waals surface area contributed by atoms with E-state index in [1.54, 1.807) is 13.8 Å². The van der Waals surface area contributed by atoms with E-state index in [0.29, 0.717) is 25.9 Å². The number of amides is 3. The number of alkyl halides is 2. The smallest absolute Gasteiger partial charge is 0.387 e. The summed E-state index contributed by atoms with van der Waals surface area (Å²) in [5, 5.41) is 5.52. The molecule has 1 aliphatic carbocycles. The Morgan fingerprint density at radius 3 is 2.43 bits per heavy atom. The molecule has 2 N–H and O–H groups in total. The van der Waals surface area contributed by atoms with E-state index < -0.39 is 41.7 Å². The fourth-order valence-electron chi connectivity index (χ4n) is 5.24. The van der Waals surface area contributed by atoms with Crippen molar-refractivity contribution in [2.75, 3.05) is 18.4 Å². The van der Waals surface area contributed by atoms with Crippen LogP contribution in [0, 0.1) is 11.7 Å². The molecular formula is C29H32F3N5O5. The molecule has 2 aliphatic rings. The van der Waals surface area contributed by atoms with Crippen LogP contribution in [0.4, 0.5) is 23.7 Å². The minimum atomic E-state index is -2.97. The summed E-state index contributed by atoms with van der Waals surface area (Å²) >= 11 is 0. The third kappa shape index (κ3) is 6.29. The van der Waals surface area contributed by atoms with Crippen molar-refractivity contribution in [3.63, 3.8) is 0 Å². The molecular weight excluding hydrogens is 555 g/mol. The summed E-state index contributed by atoms with van der Waals surface area (Å²) in [6, 6.07) is 6.31. The maximum Gasteiger partial charge on any atom is 0.387 e. The highest BCUT2D eigenvalue weighted by molar-refractivity contribution is 5.95. The summed E-state index contributed by atoms with van der Waals surface area (Å²) in [7, 11) is 0. The number of ether oxygens (including phenoxy) is 1. The highest BCUT2D eigenvalue weighted by Crippen LogP contribution is 2.30. The third-order valence-corrected chi connectivity index (χ3v) is 7.54. The summed E-state index contributed by atoms with van der Waals surface area (Å²) in [5.74, 6) is -1.04. The zero-order valence-corrected chi connectivity index (χ0v) is 23.2. The van der Waals surface area contributed by atoms with Crippen LogP contribution >= 0.6 is 0 Å². The van der Waals surface area contributed by atoms with Gasteiger partial charge in [-0.05, 0) is 75.8 Å². The molecule has 5 rings (SSSR count). The number of halogens is 3. The van der Waals surface area contributed by atoms with Gasteiger partial charge in [0.2, 0.25) is 0 Å². The Morgan fingerprint density at radius 1 is 1.07 bits per heavy atom. The molecule has 42 heavy (non-hydrogen) atoms. The van der Waals surface area contributed by atoms with Gasteiger partial charge in [0, 0.05) is 43.3 Å². The second-order valence-corrected chi connectivity index (χ2v) is 11.0. The number of benzene rings is 2. The summed E-state index contributed by atoms with van der Waals surface area (Å²) in [4.78, 5) is 53.7. The second-order valence-electron chi connectivity index (χ2n) is 11.0. The molecule has 2 fully saturated rings. The third-order valence-electron chi connectivity index (χ3n) is 7.54. The molecule has 224 valence electrons. The van der Waals surface area contributed by atoms with Crippen molar-refractivity contribution >= 4 is 28.5 Å². The molecule has 1 atom stereocenters. The van der Waals surface area contributed by atoms with Gasteiger partial charge in [0.25, 0.3) is 11.5 Å². The number of likely N-dealkylation sites (tertiary alicyclic amines) is 1. The SMILES string of the molecule is CC(C)n1c(=O)n(CC2CC2)c(=O)c2cc(NC(=O)N3CCC[C@@H](NC(=O)c4ccc(OC(F)F)cc4)C3)c(F)cc21. The lowest BCUT2D eigenvalue weighted by molar-refractivity contribution is -0.0498. The number of urea groups is 1. The van der Waals surface area contributed by atoms with E-state index in [2.05, 4.69) is 15.4 Å². The van der Waals surface area contributed by atoms with Gasteiger partial charge in [-0.3, -0.25) is 18.7 Å². The van der Waals surface area contributed by atoms with E-state index in [9.17, 15) is 28.0 Å². The standard InChI is InChI=1S/C29H32F3N5O5/c1-16(2)37-24-13-22(30)23(12-21(24)26(39)36(29(37)41)14-17-5-6-17)34-28(40)35-11-3-4-19(15-35)33-25(38)18-7-9-20(10-8-18)42-27(31)32/h7-10,12-13,16-17,19,27H,3-6,11,14-15H2,1-2H3,(H,33,38)(H,34,40)/t19-/m1/s1. The van der Waals surface area contributed by atoms with Crippen LogP contribution < -0.4 is 26.6 Å². The van der Waals surface area contributed by atoms with Crippen LogP contribution in [0.25, 0.3) is 10.9 Å². The van der Waals surface area contributed by atoms with Gasteiger partial charge in [0.1, 0.15) is 11.6 Å². The van der Waals surface area contributed by atoms with Crippen molar-refractivity contribution in [2.24, 2.45) is 5.92 Å². The maximum absolute atomic E-state index is 15.2. The average molecular weight is 588 g/mol. The predicted molar refractivity (Wildman–Crippen MR) is 150 cm³/mol. The Balaban J connectivity index is 1.31. The normalized spacial score (nSPS) is 17.1. The first-order chi connectivity index (χ1) is 20.0. The van der Waals surface area contributed by atoms with Crippen LogP contribution in [0.5, 0.6) is 5.75 Å². The summed E-state index contributed by atoms with van der Waals surface area (Å²) in [6.07, 6.45) is 3.05. The van der Waals surface area contributed by atoms with E-state index in [1.165, 1.54) is 44.4 Å². The lowest BCUT2D eigenvalue weighted by atomic mass is 10.1. The second kappa shape index (κ2) is 11.9. The van der Waals surface area contributed by atoms with Crippen molar-refractivity contribution < 1.29 is 27.5 Å². The number of fused-ring (bicyclic) bond motifs is 1. The van der Waals surface area contributed by atoms with Crippen molar-refractivity contribution in [3.05, 3.63) is 68.6 Å². The van der Waals surface area contributed by atoms with Crippen LogP contribution in [0.2, 0.25) is 0 Å². The summed E-state index contributed by atoms with van der Waals surface area (Å²) in [6.45, 7) is 1.41. The number of carbonyl (C=O) groups is 2. The molecule has 3 amide bonds. The number of hydrogen-bond donors (Lipinski definition) is 2. The molecule has 10 nitrogen and oxygen atoms in total. The molecule has 1 aliphatic heterocycles. The van der Waals surface area contributed by atoms with Crippen LogP contribution in [0.1, 0.15) is 55.9 Å². The first-order valence-electron chi connectivity index (χ1n) is 13.9. The average Bonchev–Trinajstić information content (AvgIpc) is 3.76. The molecule has 0 bridgehead atoms. The first-order valence-corrected chi connectivity index (χ1v) is 13.9. The number of aromatic nitrogens is 2. The van der Waals surface area contributed by atoms with Gasteiger partial charge in [-0.15, -0.1) is 0 Å². The van der Waals surface area contributed by atoms with E-state index >= 15 is 4.39 Å². The van der Waals surface area contributed by atoms with E-state index in [1.807, 2.05) is 0 Å². The number of rotatable bonds is 8. The number of nitrogens with zero attached hydrogens (tertiary/aromatic N) is 3. The highest BCUT2D eigenvalue weighted by atomic mass is 19.3. The lowest BCUT2D eigenvalue weighted by Gasteiger charge is -2.33. The summed E-state index contributed by atoms with van der Waals surface area (Å²) in [5.41, 5.74) is -0.789. The number of hydrogen-bond acceptors (Lipinski definition) is 5. The summed E-state index contributed by atoms with van der Waals surface area (Å²) < 4.78 is 46.9. The van der Waals surface area contributed by atoms with E-state index in [-0.39, 0.29) is 46.4 Å². The van der Waals surface area contributed by atoms with Crippen molar-refractivity contribution in [2.45, 2.75) is 64.8 Å². The van der Waals surface area contributed by atoms with E-state index in [0.717, 1.165) is 18.9 Å². The molecule has 1 aromatic heterocycles. The minimum Gasteiger partial charge on any atom is -0.435 e. The molecule has 2 heterocycles. The topological polar surface area (TPSA) is 115 Å². The Hall–Kier alpha value is -4.29. The fraction of sp³-hybridized carbons (Fsp3) is 0.448. The fourth-order valence-corrected chi connectivity index (χ4v) is 5.24. The molecule has 0 spiro atoms. The van der Waals surface area contributed by atoms with Gasteiger partial charge in [-0.2, -0.15) is 8.78 Å². The molecule has 3 aromatic rings. The van der Waals surface area contributed by atoms with Crippen LogP contribution in [0.3, 0.4) is 0 Å². The number of anilines is 1. The van der Waals surface area contributed by atoms with Gasteiger partial charge < -0.3 is 20.3 Å². The molecule has 1 saturated carbocycles. The number of carbonyl (C=O) groups excluding carboxylic acids is 2. The monoisotopic (exact) mass is 587 g/mol. The van der Waals surface area contributed by atoms with Gasteiger partial charge in [-0.25, -0.2) is 14.0 Å². The maximum atomic E-state index is 15.2. The van der Waals surface area contributed by atoms with Gasteiger partial charge >= 0.3 is 18.3 Å². The Morgan fingerprint density at radius 2 is 1.79 bits per heavy atom. The first kappa shape index (κ1) is 29.2. The zero-order chi connectivity index (χ0) is 30.1.